The van der Waals surface area contributed by atoms with Gasteiger partial charge in [0.1, 0.15) is 5.84 Å². The van der Waals surface area contributed by atoms with Crippen LogP contribution < -0.4 is 20.5 Å². The number of hydrogen-bond acceptors (Lipinski definition) is 5. The number of fused-ring (bicyclic) bond motifs is 1. The van der Waals surface area contributed by atoms with Crippen molar-refractivity contribution in [2.75, 3.05) is 6.79 Å². The van der Waals surface area contributed by atoms with Crippen molar-refractivity contribution in [3.63, 3.8) is 0 Å². The third-order valence-electron chi connectivity index (χ3n) is 3.05. The van der Waals surface area contributed by atoms with Crippen LogP contribution in [0.2, 0.25) is 0 Å². The zero-order chi connectivity index (χ0) is 14.5. The maximum Gasteiger partial charge on any atom is 0.251 e. The number of carbonyl (C=O) groups is 1. The lowest BCUT2D eigenvalue weighted by molar-refractivity contribution is 0.0936. The summed E-state index contributed by atoms with van der Waals surface area (Å²) in [6, 6.07) is 4.80. The van der Waals surface area contributed by atoms with Gasteiger partial charge in [-0.1, -0.05) is 12.1 Å². The zero-order valence-electron chi connectivity index (χ0n) is 11.1. The standard InChI is InChI=1S/C13H17N3O4/c1-2-9(6-12(14)16-18)15-13(17)8-3-4-10-11(5-8)20-7-19-10/h3-5,9,18H,2,6-7H2,1H3,(H2,14,16)(H,15,17). The number of amides is 1. The predicted molar refractivity (Wildman–Crippen MR) is 72.1 cm³/mol. The predicted octanol–water partition coefficient (Wildman–Crippen LogP) is 1.06. The number of benzene rings is 1. The molecule has 0 fully saturated rings. The van der Waals surface area contributed by atoms with Crippen LogP contribution >= 0.6 is 0 Å². The highest BCUT2D eigenvalue weighted by Gasteiger charge is 2.18. The van der Waals surface area contributed by atoms with Gasteiger partial charge < -0.3 is 25.7 Å². The van der Waals surface area contributed by atoms with E-state index in [1.807, 2.05) is 6.92 Å². The van der Waals surface area contributed by atoms with Gasteiger partial charge in [0.2, 0.25) is 6.79 Å². The second kappa shape index (κ2) is 6.14. The molecule has 1 aliphatic heterocycles. The summed E-state index contributed by atoms with van der Waals surface area (Å²) >= 11 is 0. The number of rotatable bonds is 5. The van der Waals surface area contributed by atoms with Crippen molar-refractivity contribution in [2.24, 2.45) is 10.9 Å². The molecule has 20 heavy (non-hydrogen) atoms. The first kappa shape index (κ1) is 14.0. The first-order chi connectivity index (χ1) is 9.63. The Labute approximate surface area is 116 Å². The number of hydrogen-bond donors (Lipinski definition) is 3. The first-order valence-electron chi connectivity index (χ1n) is 6.31. The second-order valence-corrected chi connectivity index (χ2v) is 4.44. The van der Waals surface area contributed by atoms with Crippen molar-refractivity contribution in [3.05, 3.63) is 23.8 Å². The number of oxime groups is 1. The Morgan fingerprint density at radius 2 is 2.25 bits per heavy atom. The maximum atomic E-state index is 12.1. The average Bonchev–Trinajstić information content (AvgIpc) is 2.93. The summed E-state index contributed by atoms with van der Waals surface area (Å²) in [5.74, 6) is 1.04. The van der Waals surface area contributed by atoms with E-state index in [4.69, 9.17) is 20.4 Å². The van der Waals surface area contributed by atoms with Gasteiger partial charge in [0.15, 0.2) is 11.5 Å². The van der Waals surface area contributed by atoms with E-state index in [1.54, 1.807) is 18.2 Å². The molecule has 1 aliphatic rings. The molecule has 0 radical (unpaired) electrons. The van der Waals surface area contributed by atoms with Crippen molar-refractivity contribution >= 4 is 11.7 Å². The van der Waals surface area contributed by atoms with E-state index in [2.05, 4.69) is 10.5 Å². The van der Waals surface area contributed by atoms with Gasteiger partial charge in [0.05, 0.1) is 0 Å². The number of nitrogens with one attached hydrogen (secondary N) is 1. The summed E-state index contributed by atoms with van der Waals surface area (Å²) in [7, 11) is 0. The lowest BCUT2D eigenvalue weighted by Crippen LogP contribution is -2.37. The van der Waals surface area contributed by atoms with Gasteiger partial charge in [-0.2, -0.15) is 0 Å². The normalized spacial score (nSPS) is 14.9. The van der Waals surface area contributed by atoms with Crippen molar-refractivity contribution in [1.82, 2.24) is 5.32 Å². The number of carbonyl (C=O) groups excluding carboxylic acids is 1. The highest BCUT2D eigenvalue weighted by Crippen LogP contribution is 2.32. The van der Waals surface area contributed by atoms with Crippen LogP contribution in [0.3, 0.4) is 0 Å². The van der Waals surface area contributed by atoms with E-state index in [1.165, 1.54) is 0 Å². The molecule has 0 saturated carbocycles. The van der Waals surface area contributed by atoms with Gasteiger partial charge in [0.25, 0.3) is 5.91 Å². The van der Waals surface area contributed by atoms with Gasteiger partial charge in [0, 0.05) is 18.0 Å². The second-order valence-electron chi connectivity index (χ2n) is 4.44. The van der Waals surface area contributed by atoms with E-state index in [0.29, 0.717) is 29.9 Å². The van der Waals surface area contributed by atoms with Crippen LogP contribution in [-0.4, -0.2) is 29.8 Å². The fraction of sp³-hybridized carbons (Fsp3) is 0.385. The molecule has 108 valence electrons. The molecule has 0 aliphatic carbocycles. The summed E-state index contributed by atoms with van der Waals surface area (Å²) in [5, 5.41) is 14.3. The Morgan fingerprint density at radius 1 is 1.50 bits per heavy atom. The molecule has 1 amide bonds. The third kappa shape index (κ3) is 3.11. The maximum absolute atomic E-state index is 12.1. The Morgan fingerprint density at radius 3 is 2.95 bits per heavy atom. The summed E-state index contributed by atoms with van der Waals surface area (Å²) in [5.41, 5.74) is 5.93. The van der Waals surface area contributed by atoms with Gasteiger partial charge in [-0.3, -0.25) is 4.79 Å². The minimum Gasteiger partial charge on any atom is -0.454 e. The van der Waals surface area contributed by atoms with Crippen LogP contribution in [0.1, 0.15) is 30.1 Å². The number of nitrogens with two attached hydrogens (primary N) is 1. The monoisotopic (exact) mass is 279 g/mol. The molecule has 4 N–H and O–H groups in total. The Hall–Kier alpha value is -2.44. The lowest BCUT2D eigenvalue weighted by atomic mass is 10.1. The molecule has 1 heterocycles. The molecule has 7 heteroatoms. The molecule has 0 saturated heterocycles. The van der Waals surface area contributed by atoms with Crippen LogP contribution in [0.25, 0.3) is 0 Å². The summed E-state index contributed by atoms with van der Waals surface area (Å²) in [6.45, 7) is 2.08. The van der Waals surface area contributed by atoms with E-state index in [9.17, 15) is 4.79 Å². The zero-order valence-corrected chi connectivity index (χ0v) is 11.1. The highest BCUT2D eigenvalue weighted by molar-refractivity contribution is 5.95. The topological polar surface area (TPSA) is 106 Å². The van der Waals surface area contributed by atoms with Gasteiger partial charge in [-0.25, -0.2) is 0 Å². The molecule has 1 aromatic rings. The van der Waals surface area contributed by atoms with Crippen molar-refractivity contribution in [3.8, 4) is 11.5 Å². The molecular formula is C13H17N3O4. The molecule has 1 atom stereocenters. The van der Waals surface area contributed by atoms with Crippen molar-refractivity contribution in [2.45, 2.75) is 25.8 Å². The third-order valence-corrected chi connectivity index (χ3v) is 3.05. The molecular weight excluding hydrogens is 262 g/mol. The fourth-order valence-electron chi connectivity index (χ4n) is 1.90. The minimum absolute atomic E-state index is 0.0860. The summed E-state index contributed by atoms with van der Waals surface area (Å²) in [6.07, 6.45) is 0.968. The van der Waals surface area contributed by atoms with Gasteiger partial charge in [-0.05, 0) is 24.6 Å². The average molecular weight is 279 g/mol. The quantitative estimate of drug-likeness (QED) is 0.323. The molecule has 0 aromatic heterocycles. The Bertz CT molecular complexity index is 530. The van der Waals surface area contributed by atoms with Gasteiger partial charge >= 0.3 is 0 Å². The van der Waals surface area contributed by atoms with Crippen LogP contribution in [0.4, 0.5) is 0 Å². The largest absolute Gasteiger partial charge is 0.454 e. The number of nitrogens with zero attached hydrogens (tertiary/aromatic N) is 1. The van der Waals surface area contributed by atoms with E-state index in [-0.39, 0.29) is 24.6 Å². The first-order valence-corrected chi connectivity index (χ1v) is 6.31. The SMILES string of the molecule is CCC(CC(N)=NO)NC(=O)c1ccc2c(c1)OCO2. The van der Waals surface area contributed by atoms with Crippen LogP contribution in [0.15, 0.2) is 23.4 Å². The highest BCUT2D eigenvalue weighted by atomic mass is 16.7. The van der Waals surface area contributed by atoms with E-state index < -0.39 is 0 Å². The van der Waals surface area contributed by atoms with Crippen molar-refractivity contribution < 1.29 is 19.5 Å². The smallest absolute Gasteiger partial charge is 0.251 e. The molecule has 2 rings (SSSR count). The Kier molecular flexibility index (Phi) is 4.29. The molecule has 0 bridgehead atoms. The van der Waals surface area contributed by atoms with E-state index in [0.717, 1.165) is 0 Å². The molecule has 7 nitrogen and oxygen atoms in total. The lowest BCUT2D eigenvalue weighted by Gasteiger charge is -2.16. The van der Waals surface area contributed by atoms with Crippen molar-refractivity contribution in [1.29, 1.82) is 0 Å². The summed E-state index contributed by atoms with van der Waals surface area (Å²) in [4.78, 5) is 12.1. The fourth-order valence-corrected chi connectivity index (χ4v) is 1.90. The van der Waals surface area contributed by atoms with Crippen LogP contribution in [0, 0.1) is 0 Å². The van der Waals surface area contributed by atoms with Crippen LogP contribution in [0.5, 0.6) is 11.5 Å². The number of amidine groups is 1. The van der Waals surface area contributed by atoms with E-state index >= 15 is 0 Å². The Balaban J connectivity index is 2.03. The van der Waals surface area contributed by atoms with Gasteiger partial charge in [-0.15, -0.1) is 0 Å². The minimum atomic E-state index is -0.235. The molecule has 1 aromatic carbocycles. The molecule has 1 unspecified atom stereocenters. The summed E-state index contributed by atoms with van der Waals surface area (Å²) < 4.78 is 10.4. The van der Waals surface area contributed by atoms with Crippen LogP contribution in [-0.2, 0) is 0 Å². The number of ether oxygens (including phenoxy) is 2. The molecule has 0 spiro atoms.